The summed E-state index contributed by atoms with van der Waals surface area (Å²) in [6, 6.07) is 15.3. The van der Waals surface area contributed by atoms with Crippen LogP contribution in [0.1, 0.15) is 23.2 Å². The van der Waals surface area contributed by atoms with Gasteiger partial charge >= 0.3 is 0 Å². The van der Waals surface area contributed by atoms with E-state index in [-0.39, 0.29) is 16.8 Å². The fourth-order valence-corrected chi connectivity index (χ4v) is 3.72. The number of anilines is 1. The Hall–Kier alpha value is -2.18. The topological polar surface area (TPSA) is 66.5 Å². The quantitative estimate of drug-likeness (QED) is 0.916. The van der Waals surface area contributed by atoms with E-state index in [1.807, 2.05) is 18.2 Å². The van der Waals surface area contributed by atoms with Crippen LogP contribution in [0.3, 0.4) is 0 Å². The van der Waals surface area contributed by atoms with Gasteiger partial charge < -0.3 is 5.32 Å². The Kier molecular flexibility index (Phi) is 4.19. The highest BCUT2D eigenvalue weighted by Crippen LogP contribution is 2.30. The largest absolute Gasteiger partial charge is 0.322 e. The summed E-state index contributed by atoms with van der Waals surface area (Å²) in [6.45, 7) is 0. The van der Waals surface area contributed by atoms with Crippen molar-refractivity contribution in [3.8, 4) is 0 Å². The van der Waals surface area contributed by atoms with Crippen LogP contribution >= 0.6 is 0 Å². The first kappa shape index (κ1) is 15.7. The Morgan fingerprint density at radius 2 is 1.65 bits per heavy atom. The summed E-state index contributed by atoms with van der Waals surface area (Å²) in [7, 11) is -1.88. The summed E-state index contributed by atoms with van der Waals surface area (Å²) < 4.78 is 26.2. The molecule has 1 aliphatic carbocycles. The maximum atomic E-state index is 12.4. The molecule has 0 atom stereocenters. The number of para-hydroxylation sites is 1. The number of benzene rings is 2. The molecule has 1 N–H and O–H groups in total. The summed E-state index contributed by atoms with van der Waals surface area (Å²) >= 11 is 0. The number of nitrogens with one attached hydrogen (secondary N) is 1. The molecule has 1 amide bonds. The molecule has 6 heteroatoms. The summed E-state index contributed by atoms with van der Waals surface area (Å²) in [6.07, 6.45) is 1.82. The molecule has 120 valence electrons. The van der Waals surface area contributed by atoms with Gasteiger partial charge in [0.2, 0.25) is 10.0 Å². The lowest BCUT2D eigenvalue weighted by Crippen LogP contribution is -2.29. The number of hydrogen-bond donors (Lipinski definition) is 1. The van der Waals surface area contributed by atoms with Crippen molar-refractivity contribution in [3.63, 3.8) is 0 Å². The van der Waals surface area contributed by atoms with Crippen molar-refractivity contribution >= 4 is 21.6 Å². The second-order valence-corrected chi connectivity index (χ2v) is 7.59. The monoisotopic (exact) mass is 330 g/mol. The van der Waals surface area contributed by atoms with Crippen molar-refractivity contribution < 1.29 is 13.2 Å². The van der Waals surface area contributed by atoms with Gasteiger partial charge in [-0.3, -0.25) is 4.79 Å². The second-order valence-electron chi connectivity index (χ2n) is 5.60. The molecule has 3 rings (SSSR count). The van der Waals surface area contributed by atoms with E-state index in [2.05, 4.69) is 5.32 Å². The van der Waals surface area contributed by atoms with Crippen LogP contribution < -0.4 is 5.32 Å². The summed E-state index contributed by atoms with van der Waals surface area (Å²) in [4.78, 5) is 12.4. The zero-order valence-corrected chi connectivity index (χ0v) is 13.6. The molecule has 2 aromatic rings. The van der Waals surface area contributed by atoms with E-state index in [0.29, 0.717) is 11.3 Å². The van der Waals surface area contributed by atoms with Gasteiger partial charge in [0.1, 0.15) is 0 Å². The minimum Gasteiger partial charge on any atom is -0.322 e. The molecule has 23 heavy (non-hydrogen) atoms. The Balaban J connectivity index is 1.75. The predicted molar refractivity (Wildman–Crippen MR) is 88.8 cm³/mol. The number of sulfonamides is 1. The number of amides is 1. The van der Waals surface area contributed by atoms with Crippen LogP contribution in [0.15, 0.2) is 59.5 Å². The van der Waals surface area contributed by atoms with Crippen LogP contribution in [0, 0.1) is 0 Å². The van der Waals surface area contributed by atoms with E-state index in [9.17, 15) is 13.2 Å². The number of carbonyl (C=O) groups is 1. The third-order valence-electron chi connectivity index (χ3n) is 3.89. The molecule has 0 saturated heterocycles. The Bertz CT molecular complexity index is 797. The summed E-state index contributed by atoms with van der Waals surface area (Å²) in [5.74, 6) is -0.268. The van der Waals surface area contributed by atoms with Crippen LogP contribution in [-0.2, 0) is 10.0 Å². The second kappa shape index (κ2) is 6.14. The molecule has 1 aliphatic rings. The minimum atomic E-state index is -3.48. The van der Waals surface area contributed by atoms with Gasteiger partial charge in [-0.25, -0.2) is 8.42 Å². The van der Waals surface area contributed by atoms with E-state index < -0.39 is 10.0 Å². The molecule has 0 radical (unpaired) electrons. The molecule has 5 nitrogen and oxygen atoms in total. The third-order valence-corrected chi connectivity index (χ3v) is 5.81. The van der Waals surface area contributed by atoms with Crippen molar-refractivity contribution in [2.75, 3.05) is 12.4 Å². The first-order valence-electron chi connectivity index (χ1n) is 7.43. The number of nitrogens with zero attached hydrogens (tertiary/aromatic N) is 1. The molecule has 0 bridgehead atoms. The van der Waals surface area contributed by atoms with Crippen molar-refractivity contribution in [3.05, 3.63) is 60.2 Å². The lowest BCUT2D eigenvalue weighted by Gasteiger charge is -2.16. The van der Waals surface area contributed by atoms with Gasteiger partial charge in [-0.15, -0.1) is 0 Å². The molecule has 0 heterocycles. The summed E-state index contributed by atoms with van der Waals surface area (Å²) in [5.41, 5.74) is 1.12. The lowest BCUT2D eigenvalue weighted by molar-refractivity contribution is 0.102. The van der Waals surface area contributed by atoms with E-state index in [1.165, 1.54) is 28.6 Å². The first-order valence-corrected chi connectivity index (χ1v) is 8.87. The first-order chi connectivity index (χ1) is 11.0. The van der Waals surface area contributed by atoms with E-state index in [1.54, 1.807) is 19.2 Å². The average molecular weight is 330 g/mol. The maximum absolute atomic E-state index is 12.4. The van der Waals surface area contributed by atoms with E-state index in [4.69, 9.17) is 0 Å². The molecule has 1 saturated carbocycles. The lowest BCUT2D eigenvalue weighted by atomic mass is 10.2. The van der Waals surface area contributed by atoms with Crippen LogP contribution in [0.2, 0.25) is 0 Å². The fourth-order valence-electron chi connectivity index (χ4n) is 2.30. The van der Waals surface area contributed by atoms with E-state index >= 15 is 0 Å². The molecule has 2 aromatic carbocycles. The smallest absolute Gasteiger partial charge is 0.255 e. The molecule has 0 unspecified atom stereocenters. The third kappa shape index (κ3) is 3.43. The van der Waals surface area contributed by atoms with Crippen molar-refractivity contribution in [2.24, 2.45) is 0 Å². The minimum absolute atomic E-state index is 0.112. The summed E-state index contributed by atoms with van der Waals surface area (Å²) in [5, 5.41) is 2.77. The zero-order valence-electron chi connectivity index (χ0n) is 12.8. The molecule has 0 aromatic heterocycles. The average Bonchev–Trinajstić information content (AvgIpc) is 3.40. The molecule has 1 fully saturated rings. The molecular formula is C17H18N2O3S. The maximum Gasteiger partial charge on any atom is 0.255 e. The van der Waals surface area contributed by atoms with Crippen LogP contribution in [0.5, 0.6) is 0 Å². The van der Waals surface area contributed by atoms with Crippen LogP contribution in [-0.4, -0.2) is 31.7 Å². The number of rotatable bonds is 5. The molecule has 0 spiro atoms. The van der Waals surface area contributed by atoms with Crippen LogP contribution in [0.4, 0.5) is 5.69 Å². The van der Waals surface area contributed by atoms with Gasteiger partial charge in [0, 0.05) is 24.3 Å². The fraction of sp³-hybridized carbons (Fsp3) is 0.235. The highest BCUT2D eigenvalue weighted by Gasteiger charge is 2.34. The van der Waals surface area contributed by atoms with Gasteiger partial charge in [0.05, 0.1) is 4.90 Å². The SMILES string of the molecule is CN(C1CC1)S(=O)(=O)c1ccc(C(=O)Nc2ccccc2)cc1. The van der Waals surface area contributed by atoms with Crippen molar-refractivity contribution in [2.45, 2.75) is 23.8 Å². The molecule has 0 aliphatic heterocycles. The zero-order chi connectivity index (χ0) is 16.4. The number of hydrogen-bond acceptors (Lipinski definition) is 3. The van der Waals surface area contributed by atoms with Crippen molar-refractivity contribution in [1.82, 2.24) is 4.31 Å². The number of carbonyl (C=O) groups excluding carboxylic acids is 1. The Morgan fingerprint density at radius 3 is 2.22 bits per heavy atom. The van der Waals surface area contributed by atoms with Gasteiger partial charge in [0.15, 0.2) is 0 Å². The van der Waals surface area contributed by atoms with Gasteiger partial charge in [-0.2, -0.15) is 4.31 Å². The Labute approximate surface area is 136 Å². The predicted octanol–water partition coefficient (Wildman–Crippen LogP) is 2.72. The van der Waals surface area contributed by atoms with E-state index in [0.717, 1.165) is 12.8 Å². The van der Waals surface area contributed by atoms with Gasteiger partial charge in [0.25, 0.3) is 5.91 Å². The highest BCUT2D eigenvalue weighted by atomic mass is 32.2. The normalized spacial score (nSPS) is 14.7. The van der Waals surface area contributed by atoms with Gasteiger partial charge in [-0.05, 0) is 49.2 Å². The highest BCUT2D eigenvalue weighted by molar-refractivity contribution is 7.89. The van der Waals surface area contributed by atoms with Crippen LogP contribution in [0.25, 0.3) is 0 Å². The standard InChI is InChI=1S/C17H18N2O3S/c1-19(15-9-10-15)23(21,22)16-11-7-13(8-12-16)17(20)18-14-5-3-2-4-6-14/h2-8,11-12,15H,9-10H2,1H3,(H,18,20). The molecular weight excluding hydrogens is 312 g/mol. The van der Waals surface area contributed by atoms with Gasteiger partial charge in [-0.1, -0.05) is 18.2 Å². The Morgan fingerprint density at radius 1 is 1.04 bits per heavy atom. The van der Waals surface area contributed by atoms with Crippen molar-refractivity contribution in [1.29, 1.82) is 0 Å².